The molecule has 124 valence electrons. The van der Waals surface area contributed by atoms with Crippen molar-refractivity contribution in [2.24, 2.45) is 5.92 Å². The maximum atomic E-state index is 12.2. The maximum absolute atomic E-state index is 12.2. The van der Waals surface area contributed by atoms with Crippen LogP contribution in [0.5, 0.6) is 0 Å². The van der Waals surface area contributed by atoms with Gasteiger partial charge < -0.3 is 9.72 Å². The van der Waals surface area contributed by atoms with Crippen LogP contribution in [0.3, 0.4) is 0 Å². The number of aromatic nitrogens is 2. The Morgan fingerprint density at radius 2 is 2.29 bits per heavy atom. The van der Waals surface area contributed by atoms with Crippen molar-refractivity contribution in [1.29, 1.82) is 0 Å². The number of hydrogen-bond donors (Lipinski definition) is 1. The second-order valence-corrected chi connectivity index (χ2v) is 6.12. The number of rotatable bonds is 5. The van der Waals surface area contributed by atoms with E-state index in [0.717, 1.165) is 16.8 Å². The summed E-state index contributed by atoms with van der Waals surface area (Å²) in [5.41, 5.74) is 4.49. The van der Waals surface area contributed by atoms with E-state index in [1.807, 2.05) is 42.6 Å². The molecule has 0 radical (unpaired) electrons. The predicted octanol–water partition coefficient (Wildman–Crippen LogP) is 4.05. The van der Waals surface area contributed by atoms with Gasteiger partial charge in [-0.05, 0) is 30.0 Å². The van der Waals surface area contributed by atoms with Gasteiger partial charge in [-0.15, -0.1) is 0 Å². The molecule has 3 rings (SSSR count). The Balaban J connectivity index is 1.70. The van der Waals surface area contributed by atoms with Gasteiger partial charge in [0.15, 0.2) is 0 Å². The molecule has 1 N–H and O–H groups in total. The van der Waals surface area contributed by atoms with E-state index in [0.29, 0.717) is 13.0 Å². The topological polar surface area (TPSA) is 55.0 Å². The molecule has 1 aliphatic rings. The van der Waals surface area contributed by atoms with Gasteiger partial charge in [0, 0.05) is 17.8 Å². The average Bonchev–Trinajstić information content (AvgIpc) is 3.15. The lowest BCUT2D eigenvalue weighted by atomic mass is 9.91. The molecule has 0 bridgehead atoms. The second-order valence-electron chi connectivity index (χ2n) is 6.12. The summed E-state index contributed by atoms with van der Waals surface area (Å²) in [5.74, 6) is -0.112. The van der Waals surface area contributed by atoms with E-state index < -0.39 is 0 Å². The third kappa shape index (κ3) is 3.48. The summed E-state index contributed by atoms with van der Waals surface area (Å²) in [5, 5.41) is 0. The Morgan fingerprint density at radius 1 is 1.42 bits per heavy atom. The quantitative estimate of drug-likeness (QED) is 0.845. The third-order valence-corrected chi connectivity index (χ3v) is 4.59. The highest BCUT2D eigenvalue weighted by Crippen LogP contribution is 2.27. The van der Waals surface area contributed by atoms with E-state index in [-0.39, 0.29) is 17.8 Å². The van der Waals surface area contributed by atoms with Crippen LogP contribution in [0.2, 0.25) is 0 Å². The lowest BCUT2D eigenvalue weighted by Gasteiger charge is -2.17. The van der Waals surface area contributed by atoms with Gasteiger partial charge in [-0.3, -0.25) is 4.79 Å². The number of carbonyl (C=O) groups is 1. The molecule has 1 aromatic carbocycles. The number of hydrogen-bond acceptors (Lipinski definition) is 3. The number of H-pyrrole nitrogens is 1. The van der Waals surface area contributed by atoms with Crippen molar-refractivity contribution < 1.29 is 9.53 Å². The first-order valence-electron chi connectivity index (χ1n) is 8.23. The maximum Gasteiger partial charge on any atom is 0.313 e. The average molecular weight is 322 g/mol. The van der Waals surface area contributed by atoms with Gasteiger partial charge >= 0.3 is 5.97 Å². The molecule has 0 spiro atoms. The number of benzene rings is 1. The van der Waals surface area contributed by atoms with Gasteiger partial charge in [-0.1, -0.05) is 49.4 Å². The minimum Gasteiger partial charge on any atom is -0.460 e. The molecule has 24 heavy (non-hydrogen) atoms. The number of aromatic amines is 1. The molecule has 0 saturated carbocycles. The van der Waals surface area contributed by atoms with E-state index >= 15 is 0 Å². The SMILES string of the molecule is Cc1c(COC(=O)C2C=CC=CC2)cccc1[C@H](C)c1cnc[nH]1. The molecule has 0 amide bonds. The Hall–Kier alpha value is -2.62. The molecule has 1 aliphatic carbocycles. The lowest BCUT2D eigenvalue weighted by Crippen LogP contribution is -2.16. The molecule has 1 unspecified atom stereocenters. The fraction of sp³-hybridized carbons (Fsp3) is 0.300. The minimum atomic E-state index is -0.165. The molecule has 2 atom stereocenters. The second kappa shape index (κ2) is 7.30. The molecular weight excluding hydrogens is 300 g/mol. The highest BCUT2D eigenvalue weighted by molar-refractivity contribution is 5.75. The van der Waals surface area contributed by atoms with E-state index in [9.17, 15) is 4.79 Å². The van der Waals surface area contributed by atoms with Crippen LogP contribution in [0.25, 0.3) is 0 Å². The molecule has 1 heterocycles. The molecule has 0 aliphatic heterocycles. The van der Waals surface area contributed by atoms with Crippen molar-refractivity contribution in [3.63, 3.8) is 0 Å². The van der Waals surface area contributed by atoms with Gasteiger partial charge in [0.2, 0.25) is 0 Å². The Labute approximate surface area is 142 Å². The van der Waals surface area contributed by atoms with Crippen LogP contribution in [0, 0.1) is 12.8 Å². The summed E-state index contributed by atoms with van der Waals surface area (Å²) in [6.07, 6.45) is 12.0. The summed E-state index contributed by atoms with van der Waals surface area (Å²) in [6, 6.07) is 6.14. The van der Waals surface area contributed by atoms with Crippen molar-refractivity contribution in [1.82, 2.24) is 9.97 Å². The molecule has 4 nitrogen and oxygen atoms in total. The first kappa shape index (κ1) is 16.2. The standard InChI is InChI=1S/C20H22N2O2/c1-14-17(12-24-20(23)16-7-4-3-5-8-16)9-6-10-18(14)15(2)19-11-21-13-22-19/h3-7,9-11,13,15-16H,8,12H2,1-2H3,(H,21,22)/t15-,16?/m0/s1. The van der Waals surface area contributed by atoms with E-state index in [4.69, 9.17) is 4.74 Å². The Bertz CT molecular complexity index is 760. The van der Waals surface area contributed by atoms with Crippen LogP contribution in [0.1, 0.15) is 41.6 Å². The third-order valence-electron chi connectivity index (χ3n) is 4.59. The number of allylic oxidation sites excluding steroid dienone is 3. The smallest absolute Gasteiger partial charge is 0.313 e. The Kier molecular flexibility index (Phi) is 4.94. The molecule has 2 aromatic rings. The fourth-order valence-corrected chi connectivity index (χ4v) is 3.01. The van der Waals surface area contributed by atoms with E-state index in [1.54, 1.807) is 6.33 Å². The van der Waals surface area contributed by atoms with Gasteiger partial charge in [-0.2, -0.15) is 0 Å². The monoisotopic (exact) mass is 322 g/mol. The minimum absolute atomic E-state index is 0.164. The van der Waals surface area contributed by atoms with E-state index in [2.05, 4.69) is 29.9 Å². The Morgan fingerprint density at radius 3 is 3.00 bits per heavy atom. The van der Waals surface area contributed by atoms with Gasteiger partial charge in [0.25, 0.3) is 0 Å². The summed E-state index contributed by atoms with van der Waals surface area (Å²) in [6.45, 7) is 4.53. The number of carbonyl (C=O) groups excluding carboxylic acids is 1. The van der Waals surface area contributed by atoms with Crippen LogP contribution in [0.4, 0.5) is 0 Å². The summed E-state index contributed by atoms with van der Waals surface area (Å²) in [4.78, 5) is 19.4. The molecule has 4 heteroatoms. The number of imidazole rings is 1. The fourth-order valence-electron chi connectivity index (χ4n) is 3.01. The summed E-state index contributed by atoms with van der Waals surface area (Å²) in [7, 11) is 0. The van der Waals surface area contributed by atoms with Crippen LogP contribution >= 0.6 is 0 Å². The van der Waals surface area contributed by atoms with Crippen molar-refractivity contribution >= 4 is 5.97 Å². The first-order chi connectivity index (χ1) is 11.7. The summed E-state index contributed by atoms with van der Waals surface area (Å²) < 4.78 is 5.53. The largest absolute Gasteiger partial charge is 0.460 e. The van der Waals surface area contributed by atoms with Crippen LogP contribution < -0.4 is 0 Å². The van der Waals surface area contributed by atoms with Crippen LogP contribution in [0.15, 0.2) is 55.0 Å². The number of nitrogens with zero attached hydrogens (tertiary/aromatic N) is 1. The molecule has 0 saturated heterocycles. The molecule has 1 aromatic heterocycles. The number of esters is 1. The van der Waals surface area contributed by atoms with Gasteiger partial charge in [0.05, 0.1) is 12.2 Å². The van der Waals surface area contributed by atoms with Crippen LogP contribution in [-0.2, 0) is 16.1 Å². The highest BCUT2D eigenvalue weighted by atomic mass is 16.5. The van der Waals surface area contributed by atoms with Crippen molar-refractivity contribution in [3.05, 3.63) is 77.4 Å². The zero-order chi connectivity index (χ0) is 16.9. The van der Waals surface area contributed by atoms with Crippen molar-refractivity contribution in [2.75, 3.05) is 0 Å². The highest BCUT2D eigenvalue weighted by Gasteiger charge is 2.18. The predicted molar refractivity (Wildman–Crippen MR) is 93.5 cm³/mol. The summed E-state index contributed by atoms with van der Waals surface area (Å²) >= 11 is 0. The number of ether oxygens (including phenoxy) is 1. The first-order valence-corrected chi connectivity index (χ1v) is 8.23. The van der Waals surface area contributed by atoms with Crippen LogP contribution in [-0.4, -0.2) is 15.9 Å². The van der Waals surface area contributed by atoms with Crippen molar-refractivity contribution in [2.45, 2.75) is 32.8 Å². The molecule has 0 fully saturated rings. The lowest BCUT2D eigenvalue weighted by molar-refractivity contribution is -0.148. The molecular formula is C20H22N2O2. The van der Waals surface area contributed by atoms with Crippen molar-refractivity contribution in [3.8, 4) is 0 Å². The zero-order valence-corrected chi connectivity index (χ0v) is 14.0. The normalized spacial score (nSPS) is 17.7. The van der Waals surface area contributed by atoms with Gasteiger partial charge in [-0.25, -0.2) is 4.98 Å². The van der Waals surface area contributed by atoms with Gasteiger partial charge in [0.1, 0.15) is 6.61 Å². The zero-order valence-electron chi connectivity index (χ0n) is 14.0. The number of nitrogens with one attached hydrogen (secondary N) is 1. The van der Waals surface area contributed by atoms with E-state index in [1.165, 1.54) is 5.56 Å².